The summed E-state index contributed by atoms with van der Waals surface area (Å²) < 4.78 is 1.49. The van der Waals surface area contributed by atoms with Crippen molar-refractivity contribution < 1.29 is 43.4 Å². The zero-order valence-electron chi connectivity index (χ0n) is 21.5. The summed E-state index contributed by atoms with van der Waals surface area (Å²) in [7, 11) is 8.51. The van der Waals surface area contributed by atoms with Crippen LogP contribution in [0.1, 0.15) is 24.0 Å². The molecule has 36 heavy (non-hydrogen) atoms. The van der Waals surface area contributed by atoms with Gasteiger partial charge in [-0.2, -0.15) is 0 Å². The van der Waals surface area contributed by atoms with Crippen LogP contribution >= 0.6 is 23.2 Å². The number of quaternary nitrogens is 2. The third kappa shape index (κ3) is 12.6. The molecule has 0 aliphatic rings. The lowest BCUT2D eigenvalue weighted by Crippen LogP contribution is -3.00. The molecule has 0 aliphatic heterocycles. The van der Waals surface area contributed by atoms with Gasteiger partial charge in [0.1, 0.15) is 13.1 Å². The third-order valence-corrected chi connectivity index (χ3v) is 6.51. The van der Waals surface area contributed by atoms with Crippen molar-refractivity contribution in [3.8, 4) is 0 Å². The first-order chi connectivity index (χ1) is 16.0. The second kappa shape index (κ2) is 16.3. The molecule has 6 nitrogen and oxygen atoms in total. The molecule has 0 saturated carbocycles. The van der Waals surface area contributed by atoms with Crippen molar-refractivity contribution in [3.63, 3.8) is 0 Å². The average Bonchev–Trinajstić information content (AvgIpc) is 2.77. The maximum absolute atomic E-state index is 12.1. The molecule has 0 unspecified atom stereocenters. The molecule has 0 aromatic heterocycles. The number of rotatable bonds is 12. The van der Waals surface area contributed by atoms with E-state index in [-0.39, 0.29) is 24.8 Å². The van der Waals surface area contributed by atoms with E-state index in [1.54, 1.807) is 0 Å². The zero-order chi connectivity index (χ0) is 25.2. The van der Waals surface area contributed by atoms with Gasteiger partial charge in [-0.3, -0.25) is 9.59 Å². The van der Waals surface area contributed by atoms with E-state index in [2.05, 4.69) is 38.8 Å². The summed E-state index contributed by atoms with van der Waals surface area (Å²) in [6.07, 6.45) is 1.54. The van der Waals surface area contributed by atoms with Crippen LogP contribution in [0.3, 0.4) is 0 Å². The number of carbonyl (C=O) groups excluding carboxylic acids is 2. The predicted octanol–water partition coefficient (Wildman–Crippen LogP) is -2.13. The van der Waals surface area contributed by atoms with Gasteiger partial charge in [0.2, 0.25) is 0 Å². The molecule has 0 saturated heterocycles. The topological polar surface area (TPSA) is 58.2 Å². The summed E-state index contributed by atoms with van der Waals surface area (Å²) in [6, 6.07) is 15.7. The van der Waals surface area contributed by atoms with Crippen LogP contribution in [0.15, 0.2) is 48.5 Å². The number of hydrogen-bond donors (Lipinski definition) is 2. The van der Waals surface area contributed by atoms with Gasteiger partial charge in [0.05, 0.1) is 41.3 Å². The second-order valence-corrected chi connectivity index (χ2v) is 10.9. The van der Waals surface area contributed by atoms with E-state index in [4.69, 9.17) is 23.2 Å². The van der Waals surface area contributed by atoms with E-state index in [1.165, 1.54) is 0 Å². The van der Waals surface area contributed by atoms with Crippen molar-refractivity contribution in [2.75, 3.05) is 54.4 Å². The van der Waals surface area contributed by atoms with Crippen molar-refractivity contribution >= 4 is 35.0 Å². The van der Waals surface area contributed by atoms with Gasteiger partial charge in [-0.05, 0) is 12.1 Å². The summed E-state index contributed by atoms with van der Waals surface area (Å²) in [5, 5.41) is 6.98. The van der Waals surface area contributed by atoms with Crippen molar-refractivity contribution in [1.29, 1.82) is 0 Å². The predicted molar refractivity (Wildman–Crippen MR) is 140 cm³/mol. The van der Waals surface area contributed by atoms with Crippen molar-refractivity contribution in [1.82, 2.24) is 10.6 Å². The van der Waals surface area contributed by atoms with Crippen molar-refractivity contribution in [2.45, 2.75) is 25.9 Å². The molecule has 0 heterocycles. The minimum absolute atomic E-state index is 0. The Hall–Kier alpha value is -1.54. The highest BCUT2D eigenvalue weighted by molar-refractivity contribution is 6.35. The van der Waals surface area contributed by atoms with E-state index in [0.29, 0.717) is 13.1 Å². The lowest BCUT2D eigenvalue weighted by molar-refractivity contribution is -0.903. The summed E-state index contributed by atoms with van der Waals surface area (Å²) >= 11 is 12.5. The monoisotopic (exact) mass is 578 g/mol. The van der Waals surface area contributed by atoms with Gasteiger partial charge >= 0.3 is 11.8 Å². The summed E-state index contributed by atoms with van der Waals surface area (Å²) in [5.74, 6) is -1.16. The Balaban J connectivity index is 0.00000612. The molecular weight excluding hydrogens is 542 g/mol. The lowest BCUT2D eigenvalue weighted by Gasteiger charge is -2.30. The number of carbonyl (C=O) groups is 2. The Kier molecular flexibility index (Phi) is 15.6. The van der Waals surface area contributed by atoms with Gasteiger partial charge in [0.25, 0.3) is 0 Å². The Labute approximate surface area is 238 Å². The molecule has 2 aromatic rings. The standard InChI is InChI=1S/C26H36Cl2N4O2.2ClH/c1-31(2,19-21-11-5-7-13-23(21)27)17-9-15-29-25(33)26(34)30-16-10-18-32(3,4)20-22-12-6-8-14-24(22)28;;/h5-8,11-14H,9-10,15-20H2,1-4H3;2*1H. The first kappa shape index (κ1) is 34.5. The molecule has 10 heteroatoms. The number of nitrogens with one attached hydrogen (secondary N) is 2. The van der Waals surface area contributed by atoms with E-state index in [0.717, 1.165) is 69.2 Å². The fraction of sp³-hybridized carbons (Fsp3) is 0.462. The summed E-state index contributed by atoms with van der Waals surface area (Å²) in [4.78, 5) is 24.2. The smallest absolute Gasteiger partial charge is 0.309 e. The van der Waals surface area contributed by atoms with E-state index < -0.39 is 11.8 Å². The van der Waals surface area contributed by atoms with Gasteiger partial charge in [-0.1, -0.05) is 59.6 Å². The summed E-state index contributed by atoms with van der Waals surface area (Å²) in [5.41, 5.74) is 2.21. The van der Waals surface area contributed by atoms with Gasteiger partial charge < -0.3 is 44.4 Å². The highest BCUT2D eigenvalue weighted by Gasteiger charge is 2.20. The zero-order valence-corrected chi connectivity index (χ0v) is 24.5. The Bertz CT molecular complexity index is 893. The van der Waals surface area contributed by atoms with Crippen LogP contribution in [0.5, 0.6) is 0 Å². The molecule has 2 amide bonds. The molecule has 2 N–H and O–H groups in total. The summed E-state index contributed by atoms with van der Waals surface area (Å²) in [6.45, 7) is 4.23. The lowest BCUT2D eigenvalue weighted by atomic mass is 10.2. The minimum atomic E-state index is -0.582. The number of nitrogens with zero attached hydrogens (tertiary/aromatic N) is 2. The number of hydrogen-bond acceptors (Lipinski definition) is 2. The van der Waals surface area contributed by atoms with Crippen LogP contribution in [0.25, 0.3) is 0 Å². The maximum atomic E-state index is 12.1. The Morgan fingerprint density at radius 3 is 1.33 bits per heavy atom. The molecule has 202 valence electrons. The van der Waals surface area contributed by atoms with Crippen LogP contribution in [0, 0.1) is 0 Å². The molecule has 0 spiro atoms. The van der Waals surface area contributed by atoms with Crippen LogP contribution in [-0.4, -0.2) is 75.2 Å². The molecule has 0 atom stereocenters. The van der Waals surface area contributed by atoms with Crippen LogP contribution in [-0.2, 0) is 22.7 Å². The molecular formula is C26H38Cl4N4O2. The Morgan fingerprint density at radius 2 is 1.00 bits per heavy atom. The molecule has 2 aromatic carbocycles. The molecule has 0 fully saturated rings. The average molecular weight is 580 g/mol. The highest BCUT2D eigenvalue weighted by atomic mass is 35.5. The third-order valence-electron chi connectivity index (χ3n) is 5.77. The molecule has 0 radical (unpaired) electrons. The van der Waals surface area contributed by atoms with Gasteiger partial charge in [0, 0.05) is 47.1 Å². The van der Waals surface area contributed by atoms with E-state index >= 15 is 0 Å². The van der Waals surface area contributed by atoms with E-state index in [9.17, 15) is 9.59 Å². The normalized spacial score (nSPS) is 11.2. The van der Waals surface area contributed by atoms with Crippen LogP contribution < -0.4 is 35.4 Å². The van der Waals surface area contributed by atoms with Crippen molar-refractivity contribution in [2.24, 2.45) is 0 Å². The number of benzene rings is 2. The van der Waals surface area contributed by atoms with Crippen LogP contribution in [0.2, 0.25) is 10.0 Å². The Morgan fingerprint density at radius 1 is 0.667 bits per heavy atom. The molecule has 0 aliphatic carbocycles. The first-order valence-electron chi connectivity index (χ1n) is 11.7. The number of halogens is 4. The molecule has 0 bridgehead atoms. The fourth-order valence-corrected chi connectivity index (χ4v) is 4.30. The molecule has 2 rings (SSSR count). The maximum Gasteiger partial charge on any atom is 0.309 e. The number of amides is 2. The van der Waals surface area contributed by atoms with Crippen molar-refractivity contribution in [3.05, 3.63) is 69.7 Å². The van der Waals surface area contributed by atoms with Gasteiger partial charge in [-0.25, -0.2) is 0 Å². The largest absolute Gasteiger partial charge is 1.00 e. The highest BCUT2D eigenvalue weighted by Crippen LogP contribution is 2.20. The van der Waals surface area contributed by atoms with Crippen LogP contribution in [0.4, 0.5) is 0 Å². The fourth-order valence-electron chi connectivity index (χ4n) is 3.91. The van der Waals surface area contributed by atoms with Gasteiger partial charge in [0.15, 0.2) is 0 Å². The second-order valence-electron chi connectivity index (χ2n) is 10.0. The quantitative estimate of drug-likeness (QED) is 0.171. The van der Waals surface area contributed by atoms with Gasteiger partial charge in [-0.15, -0.1) is 0 Å². The minimum Gasteiger partial charge on any atom is -1.00 e. The first-order valence-corrected chi connectivity index (χ1v) is 12.4. The SMILES string of the molecule is C[N+](C)(CCCNC(=O)C(=O)NCCC[N+](C)(C)Cc1ccccc1Cl)Cc1ccccc1Cl.[Cl-].[Cl-]. The van der Waals surface area contributed by atoms with E-state index in [1.807, 2.05) is 48.5 Å².